The Morgan fingerprint density at radius 3 is 2.40 bits per heavy atom. The third kappa shape index (κ3) is 4.44. The molecule has 0 spiro atoms. The number of hydrogen-bond acceptors (Lipinski definition) is 3. The molecule has 1 aromatic carbocycles. The first kappa shape index (κ1) is 18.0. The van der Waals surface area contributed by atoms with E-state index in [1.165, 1.54) is 0 Å². The molecule has 0 aromatic heterocycles. The molecule has 0 bridgehead atoms. The molecule has 2 heterocycles. The van der Waals surface area contributed by atoms with E-state index in [2.05, 4.69) is 5.32 Å². The molecular formula is C18H24ClN3O3. The van der Waals surface area contributed by atoms with Crippen LogP contribution >= 0.6 is 11.6 Å². The molecule has 136 valence electrons. The minimum absolute atomic E-state index is 0.0241. The fourth-order valence-electron chi connectivity index (χ4n) is 3.43. The Hall–Kier alpha value is -1.79. The zero-order chi connectivity index (χ0) is 17.8. The Bertz CT molecular complexity index is 626. The number of benzene rings is 1. The van der Waals surface area contributed by atoms with Crippen LogP contribution in [0.1, 0.15) is 37.4 Å². The predicted molar refractivity (Wildman–Crippen MR) is 95.4 cm³/mol. The highest BCUT2D eigenvalue weighted by atomic mass is 35.5. The summed E-state index contributed by atoms with van der Waals surface area (Å²) in [5, 5.41) is 13.6. The van der Waals surface area contributed by atoms with E-state index in [4.69, 9.17) is 11.6 Å². The van der Waals surface area contributed by atoms with Crippen molar-refractivity contribution in [2.75, 3.05) is 26.2 Å². The molecule has 1 atom stereocenters. The molecule has 0 aliphatic carbocycles. The van der Waals surface area contributed by atoms with Gasteiger partial charge in [0.15, 0.2) is 6.10 Å². The first-order valence-corrected chi connectivity index (χ1v) is 9.20. The smallest absolute Gasteiger partial charge is 0.319 e. The lowest BCUT2D eigenvalue weighted by molar-refractivity contribution is -0.130. The maximum Gasteiger partial charge on any atom is 0.319 e. The van der Waals surface area contributed by atoms with Crippen molar-refractivity contribution in [2.24, 2.45) is 0 Å². The molecular weight excluding hydrogens is 342 g/mol. The van der Waals surface area contributed by atoms with E-state index in [-0.39, 0.29) is 12.1 Å². The maximum atomic E-state index is 12.4. The number of nitrogens with zero attached hydrogens (tertiary/aromatic N) is 2. The standard InChI is InChI=1S/C18H24ClN3O3/c19-14-5-3-4-13(12-14)16(23)17(24)20-15-6-10-22(11-7-15)18(25)21-8-1-2-9-21/h3-5,12,15-16,23H,1-2,6-11H2,(H,20,24)/t16-/m1/s1. The molecule has 7 heteroatoms. The summed E-state index contributed by atoms with van der Waals surface area (Å²) < 4.78 is 0. The second kappa shape index (κ2) is 8.06. The van der Waals surface area contributed by atoms with Gasteiger partial charge in [-0.25, -0.2) is 4.79 Å². The Labute approximate surface area is 152 Å². The first-order chi connectivity index (χ1) is 12.0. The highest BCUT2D eigenvalue weighted by molar-refractivity contribution is 6.30. The van der Waals surface area contributed by atoms with E-state index in [9.17, 15) is 14.7 Å². The van der Waals surface area contributed by atoms with Crippen LogP contribution in [0.25, 0.3) is 0 Å². The third-order valence-electron chi connectivity index (χ3n) is 4.90. The second-order valence-electron chi connectivity index (χ2n) is 6.70. The molecule has 0 saturated carbocycles. The number of carbonyl (C=O) groups excluding carboxylic acids is 2. The van der Waals surface area contributed by atoms with Crippen LogP contribution in [0.5, 0.6) is 0 Å². The van der Waals surface area contributed by atoms with Gasteiger partial charge in [0.05, 0.1) is 0 Å². The van der Waals surface area contributed by atoms with E-state index in [0.29, 0.717) is 36.5 Å². The zero-order valence-corrected chi connectivity index (χ0v) is 14.9. The van der Waals surface area contributed by atoms with E-state index < -0.39 is 12.0 Å². The van der Waals surface area contributed by atoms with E-state index in [1.54, 1.807) is 24.3 Å². The van der Waals surface area contributed by atoms with Crippen LogP contribution in [-0.4, -0.2) is 59.1 Å². The summed E-state index contributed by atoms with van der Waals surface area (Å²) in [6.45, 7) is 2.96. The van der Waals surface area contributed by atoms with Crippen LogP contribution in [0.4, 0.5) is 4.79 Å². The summed E-state index contributed by atoms with van der Waals surface area (Å²) in [5.74, 6) is -0.424. The molecule has 6 nitrogen and oxygen atoms in total. The van der Waals surface area contributed by atoms with Gasteiger partial charge in [0.1, 0.15) is 0 Å². The van der Waals surface area contributed by atoms with Crippen LogP contribution in [0.3, 0.4) is 0 Å². The third-order valence-corrected chi connectivity index (χ3v) is 5.14. The van der Waals surface area contributed by atoms with Crippen molar-refractivity contribution >= 4 is 23.5 Å². The summed E-state index contributed by atoms with van der Waals surface area (Å²) in [6, 6.07) is 6.75. The number of halogens is 1. The molecule has 1 aromatic rings. The largest absolute Gasteiger partial charge is 0.378 e. The van der Waals surface area contributed by atoms with Crippen LogP contribution < -0.4 is 5.32 Å². The highest BCUT2D eigenvalue weighted by Gasteiger charge is 2.29. The lowest BCUT2D eigenvalue weighted by Crippen LogP contribution is -2.50. The Kier molecular flexibility index (Phi) is 5.81. The summed E-state index contributed by atoms with van der Waals surface area (Å²) in [4.78, 5) is 28.4. The lowest BCUT2D eigenvalue weighted by atomic mass is 10.0. The summed E-state index contributed by atoms with van der Waals surface area (Å²) in [7, 11) is 0. The van der Waals surface area contributed by atoms with Gasteiger partial charge in [-0.05, 0) is 43.4 Å². The van der Waals surface area contributed by atoms with Gasteiger partial charge in [-0.15, -0.1) is 0 Å². The molecule has 25 heavy (non-hydrogen) atoms. The molecule has 3 amide bonds. The van der Waals surface area contributed by atoms with Crippen molar-refractivity contribution in [3.63, 3.8) is 0 Å². The van der Waals surface area contributed by atoms with Gasteiger partial charge >= 0.3 is 6.03 Å². The number of nitrogens with one attached hydrogen (secondary N) is 1. The average molecular weight is 366 g/mol. The Morgan fingerprint density at radius 1 is 1.12 bits per heavy atom. The monoisotopic (exact) mass is 365 g/mol. The molecule has 3 rings (SSSR count). The Morgan fingerprint density at radius 2 is 1.76 bits per heavy atom. The number of hydrogen-bond donors (Lipinski definition) is 2. The van der Waals surface area contributed by atoms with Gasteiger partial charge < -0.3 is 20.2 Å². The summed E-state index contributed by atoms with van der Waals surface area (Å²) in [5.41, 5.74) is 0.478. The van der Waals surface area contributed by atoms with Crippen molar-refractivity contribution in [2.45, 2.75) is 37.8 Å². The van der Waals surface area contributed by atoms with Crippen molar-refractivity contribution in [3.05, 3.63) is 34.9 Å². The molecule has 2 N–H and O–H groups in total. The van der Waals surface area contributed by atoms with Crippen LogP contribution in [0.15, 0.2) is 24.3 Å². The number of aliphatic hydroxyl groups is 1. The molecule has 2 aliphatic rings. The van der Waals surface area contributed by atoms with E-state index >= 15 is 0 Å². The van der Waals surface area contributed by atoms with Gasteiger partial charge in [0, 0.05) is 37.2 Å². The van der Waals surface area contributed by atoms with Crippen molar-refractivity contribution < 1.29 is 14.7 Å². The van der Waals surface area contributed by atoms with Crippen molar-refractivity contribution in [3.8, 4) is 0 Å². The number of likely N-dealkylation sites (tertiary alicyclic amines) is 2. The average Bonchev–Trinajstić information content (AvgIpc) is 3.15. The van der Waals surface area contributed by atoms with Gasteiger partial charge in [0.25, 0.3) is 5.91 Å². The number of urea groups is 1. The van der Waals surface area contributed by atoms with Gasteiger partial charge in [-0.1, -0.05) is 23.7 Å². The number of piperidine rings is 1. The minimum atomic E-state index is -1.23. The normalized spacial score (nSPS) is 19.8. The number of amides is 3. The molecule has 2 aliphatic heterocycles. The highest BCUT2D eigenvalue weighted by Crippen LogP contribution is 2.20. The maximum absolute atomic E-state index is 12.4. The van der Waals surface area contributed by atoms with Gasteiger partial charge in [0.2, 0.25) is 0 Å². The van der Waals surface area contributed by atoms with E-state index in [1.807, 2.05) is 9.80 Å². The molecule has 2 saturated heterocycles. The van der Waals surface area contributed by atoms with Crippen LogP contribution in [0.2, 0.25) is 5.02 Å². The number of carbonyl (C=O) groups is 2. The summed E-state index contributed by atoms with van der Waals surface area (Å²) >= 11 is 5.90. The van der Waals surface area contributed by atoms with Crippen LogP contribution in [0, 0.1) is 0 Å². The SMILES string of the molecule is O=C(NC1CCN(C(=O)N2CCCC2)CC1)[C@H](O)c1cccc(Cl)c1. The van der Waals surface area contributed by atoms with E-state index in [0.717, 1.165) is 25.9 Å². The molecule has 0 unspecified atom stereocenters. The van der Waals surface area contributed by atoms with Crippen LogP contribution in [-0.2, 0) is 4.79 Å². The van der Waals surface area contributed by atoms with Crippen molar-refractivity contribution in [1.29, 1.82) is 0 Å². The quantitative estimate of drug-likeness (QED) is 0.862. The van der Waals surface area contributed by atoms with Gasteiger partial charge in [-0.2, -0.15) is 0 Å². The lowest BCUT2D eigenvalue weighted by Gasteiger charge is -2.35. The first-order valence-electron chi connectivity index (χ1n) is 8.82. The Balaban J connectivity index is 1.48. The van der Waals surface area contributed by atoms with Crippen molar-refractivity contribution in [1.82, 2.24) is 15.1 Å². The number of rotatable bonds is 3. The molecule has 0 radical (unpaired) electrons. The summed E-state index contributed by atoms with van der Waals surface area (Å²) in [6.07, 6.45) is 2.34. The number of aliphatic hydroxyl groups excluding tert-OH is 1. The second-order valence-corrected chi connectivity index (χ2v) is 7.14. The van der Waals surface area contributed by atoms with Gasteiger partial charge in [-0.3, -0.25) is 4.79 Å². The molecule has 2 fully saturated rings. The fourth-order valence-corrected chi connectivity index (χ4v) is 3.63. The topological polar surface area (TPSA) is 72.9 Å². The fraction of sp³-hybridized carbons (Fsp3) is 0.556. The predicted octanol–water partition coefficient (Wildman–Crippen LogP) is 2.17. The zero-order valence-electron chi connectivity index (χ0n) is 14.2. The minimum Gasteiger partial charge on any atom is -0.378 e.